The molecule has 2 heteroatoms. The first kappa shape index (κ1) is 10.1. The second kappa shape index (κ2) is 3.22. The molecule has 0 aromatic carbocycles. The molecule has 0 N–H and O–H groups in total. The summed E-state index contributed by atoms with van der Waals surface area (Å²) in [7, 11) is 0. The van der Waals surface area contributed by atoms with E-state index < -0.39 is 0 Å². The fourth-order valence-electron chi connectivity index (χ4n) is 4.17. The molecule has 0 unspecified atom stereocenters. The molecule has 3 aliphatic carbocycles. The Morgan fingerprint density at radius 1 is 1.50 bits per heavy atom. The van der Waals surface area contributed by atoms with E-state index in [4.69, 9.17) is 4.74 Å². The predicted octanol–water partition coefficient (Wildman–Crippen LogP) is 2.71. The fraction of sp³-hybridized carbons (Fsp3) is 0.643. The van der Waals surface area contributed by atoms with Gasteiger partial charge >= 0.3 is 5.97 Å². The van der Waals surface area contributed by atoms with Crippen LogP contribution in [0.3, 0.4) is 0 Å². The van der Waals surface area contributed by atoms with E-state index >= 15 is 0 Å². The van der Waals surface area contributed by atoms with Crippen LogP contribution >= 0.6 is 0 Å². The van der Waals surface area contributed by atoms with E-state index in [1.165, 1.54) is 25.3 Å². The first-order valence-corrected chi connectivity index (χ1v) is 6.12. The molecule has 0 amide bonds. The Kier molecular flexibility index (Phi) is 2.04. The quantitative estimate of drug-likeness (QED) is 0.499. The number of hydrogen-bond donors (Lipinski definition) is 0. The predicted molar refractivity (Wildman–Crippen MR) is 61.6 cm³/mol. The zero-order chi connectivity index (χ0) is 11.4. The molecule has 16 heavy (non-hydrogen) atoms. The largest absolute Gasteiger partial charge is 0.458 e. The number of fused-ring (bicyclic) bond motifs is 5. The highest BCUT2D eigenvalue weighted by Crippen LogP contribution is 2.61. The van der Waals surface area contributed by atoms with Gasteiger partial charge in [-0.05, 0) is 43.1 Å². The summed E-state index contributed by atoms with van der Waals surface area (Å²) in [5.41, 5.74) is 2.69. The average molecular weight is 218 g/mol. The minimum atomic E-state index is -0.169. The molecule has 86 valence electrons. The van der Waals surface area contributed by atoms with Gasteiger partial charge in [0.1, 0.15) is 6.10 Å². The van der Waals surface area contributed by atoms with Gasteiger partial charge in [0.05, 0.1) is 0 Å². The number of ether oxygens (including phenoxy) is 1. The maximum atomic E-state index is 11.1. The van der Waals surface area contributed by atoms with Gasteiger partial charge in [-0.15, -0.1) is 0 Å². The van der Waals surface area contributed by atoms with Crippen molar-refractivity contribution in [3.05, 3.63) is 23.8 Å². The third kappa shape index (κ3) is 1.16. The number of carbonyl (C=O) groups is 1. The number of rotatable bonds is 1. The lowest BCUT2D eigenvalue weighted by atomic mass is 9.75. The molecule has 3 aliphatic rings. The van der Waals surface area contributed by atoms with Crippen molar-refractivity contribution < 1.29 is 9.53 Å². The summed E-state index contributed by atoms with van der Waals surface area (Å²) in [6, 6.07) is 0. The zero-order valence-corrected chi connectivity index (χ0v) is 9.90. The molecule has 0 radical (unpaired) electrons. The summed E-state index contributed by atoms with van der Waals surface area (Å²) >= 11 is 0. The number of carbonyl (C=O) groups excluding carboxylic acids is 1. The van der Waals surface area contributed by atoms with E-state index in [1.807, 2.05) is 0 Å². The Bertz CT molecular complexity index is 394. The van der Waals surface area contributed by atoms with Crippen molar-refractivity contribution in [3.8, 4) is 0 Å². The zero-order valence-electron chi connectivity index (χ0n) is 9.90. The van der Waals surface area contributed by atoms with E-state index in [0.29, 0.717) is 23.7 Å². The first-order valence-electron chi connectivity index (χ1n) is 6.12. The summed E-state index contributed by atoms with van der Waals surface area (Å²) in [6.07, 6.45) is 4.71. The van der Waals surface area contributed by atoms with Crippen LogP contribution in [0, 0.1) is 23.7 Å². The SMILES string of the molecule is C=C1[C@@H](OC(C)=O)[C@H]2C[C@@H]1[C@H]1C(C)=CC[C@@H]21. The standard InChI is InChI=1S/C14H18O2/c1-7-4-5-10-12-6-11(13(7)10)8(2)14(12)16-9(3)15/h4,10-14H,2,5-6H2,1,3H3/t10-,11-,12-,13-,14+/m0/s1. The van der Waals surface area contributed by atoms with Crippen molar-refractivity contribution in [1.82, 2.24) is 0 Å². The second-order valence-electron chi connectivity index (χ2n) is 5.48. The molecule has 0 saturated heterocycles. The van der Waals surface area contributed by atoms with E-state index in [2.05, 4.69) is 19.6 Å². The van der Waals surface area contributed by atoms with E-state index in [9.17, 15) is 4.79 Å². The van der Waals surface area contributed by atoms with E-state index in [0.717, 1.165) is 5.57 Å². The van der Waals surface area contributed by atoms with Crippen LogP contribution in [-0.2, 0) is 9.53 Å². The van der Waals surface area contributed by atoms with Crippen LogP contribution in [0.5, 0.6) is 0 Å². The summed E-state index contributed by atoms with van der Waals surface area (Å²) in [5, 5.41) is 0. The van der Waals surface area contributed by atoms with E-state index in [1.54, 1.807) is 0 Å². The molecule has 0 aliphatic heterocycles. The lowest BCUT2D eigenvalue weighted by Gasteiger charge is -2.33. The monoisotopic (exact) mass is 218 g/mol. The lowest BCUT2D eigenvalue weighted by Crippen LogP contribution is -2.34. The van der Waals surface area contributed by atoms with Crippen molar-refractivity contribution >= 4 is 5.97 Å². The maximum Gasteiger partial charge on any atom is 0.303 e. The Morgan fingerprint density at radius 2 is 2.25 bits per heavy atom. The summed E-state index contributed by atoms with van der Waals surface area (Å²) < 4.78 is 5.44. The Morgan fingerprint density at radius 3 is 2.94 bits per heavy atom. The lowest BCUT2D eigenvalue weighted by molar-refractivity contribution is -0.147. The van der Waals surface area contributed by atoms with Gasteiger partial charge in [0.25, 0.3) is 0 Å². The highest BCUT2D eigenvalue weighted by molar-refractivity contribution is 5.66. The average Bonchev–Trinajstić information content (AvgIpc) is 2.82. The molecule has 2 nitrogen and oxygen atoms in total. The van der Waals surface area contributed by atoms with Gasteiger partial charge in [-0.2, -0.15) is 0 Å². The topological polar surface area (TPSA) is 26.3 Å². The third-order valence-corrected chi connectivity index (χ3v) is 4.73. The maximum absolute atomic E-state index is 11.1. The fourth-order valence-corrected chi connectivity index (χ4v) is 4.17. The van der Waals surface area contributed by atoms with Crippen LogP contribution in [-0.4, -0.2) is 12.1 Å². The van der Waals surface area contributed by atoms with Crippen LogP contribution < -0.4 is 0 Å². The minimum absolute atomic E-state index is 0.00282. The normalized spacial score (nSPS) is 44.5. The highest BCUT2D eigenvalue weighted by atomic mass is 16.5. The van der Waals surface area contributed by atoms with Crippen LogP contribution in [0.4, 0.5) is 0 Å². The van der Waals surface area contributed by atoms with Crippen LogP contribution in [0.25, 0.3) is 0 Å². The highest BCUT2D eigenvalue weighted by Gasteiger charge is 2.57. The minimum Gasteiger partial charge on any atom is -0.458 e. The Labute approximate surface area is 96.4 Å². The van der Waals surface area contributed by atoms with Gasteiger partial charge < -0.3 is 4.74 Å². The third-order valence-electron chi connectivity index (χ3n) is 4.73. The molecule has 0 spiro atoms. The molecule has 2 bridgehead atoms. The Balaban J connectivity index is 1.86. The summed E-state index contributed by atoms with van der Waals surface area (Å²) in [4.78, 5) is 11.1. The number of esters is 1. The number of hydrogen-bond acceptors (Lipinski definition) is 2. The first-order chi connectivity index (χ1) is 7.59. The van der Waals surface area contributed by atoms with Crippen LogP contribution in [0.1, 0.15) is 26.7 Å². The molecule has 5 atom stereocenters. The van der Waals surface area contributed by atoms with Crippen LogP contribution in [0.2, 0.25) is 0 Å². The van der Waals surface area contributed by atoms with Gasteiger partial charge in [-0.1, -0.05) is 18.2 Å². The second-order valence-corrected chi connectivity index (χ2v) is 5.48. The van der Waals surface area contributed by atoms with Crippen molar-refractivity contribution in [1.29, 1.82) is 0 Å². The molecule has 0 heterocycles. The molecule has 3 rings (SSSR count). The smallest absolute Gasteiger partial charge is 0.303 e. The van der Waals surface area contributed by atoms with Gasteiger partial charge in [-0.25, -0.2) is 0 Å². The summed E-state index contributed by atoms with van der Waals surface area (Å²) in [6.45, 7) is 7.89. The van der Waals surface area contributed by atoms with Gasteiger partial charge in [0.15, 0.2) is 0 Å². The van der Waals surface area contributed by atoms with Crippen LogP contribution in [0.15, 0.2) is 23.8 Å². The van der Waals surface area contributed by atoms with Crippen molar-refractivity contribution in [2.45, 2.75) is 32.8 Å². The Hall–Kier alpha value is -1.05. The number of allylic oxidation sites excluding steroid dienone is 2. The molecular formula is C14H18O2. The van der Waals surface area contributed by atoms with Gasteiger partial charge in [0.2, 0.25) is 0 Å². The van der Waals surface area contributed by atoms with Gasteiger partial charge in [0, 0.05) is 12.8 Å². The van der Waals surface area contributed by atoms with E-state index in [-0.39, 0.29) is 12.1 Å². The molecule has 2 saturated carbocycles. The molecule has 0 aromatic heterocycles. The van der Waals surface area contributed by atoms with Crippen molar-refractivity contribution in [3.63, 3.8) is 0 Å². The molecule has 0 aromatic rings. The summed E-state index contributed by atoms with van der Waals surface area (Å²) in [5.74, 6) is 2.33. The van der Waals surface area contributed by atoms with Gasteiger partial charge in [-0.3, -0.25) is 4.79 Å². The molecule has 2 fully saturated rings. The van der Waals surface area contributed by atoms with Crippen molar-refractivity contribution in [2.75, 3.05) is 0 Å². The van der Waals surface area contributed by atoms with Crippen molar-refractivity contribution in [2.24, 2.45) is 23.7 Å². The molecular weight excluding hydrogens is 200 g/mol.